The normalized spacial score (nSPS) is 11.9. The molecule has 3 nitrogen and oxygen atoms in total. The number of carbonyl (C=O) groups is 1. The molecular weight excluding hydrogens is 258 g/mol. The molecule has 4 heteroatoms. The van der Waals surface area contributed by atoms with Crippen molar-refractivity contribution in [2.45, 2.75) is 5.25 Å². The van der Waals surface area contributed by atoms with Gasteiger partial charge in [-0.1, -0.05) is 36.4 Å². The summed E-state index contributed by atoms with van der Waals surface area (Å²) in [5, 5.41) is -0.0722. The summed E-state index contributed by atoms with van der Waals surface area (Å²) in [7, 11) is 1.52. The van der Waals surface area contributed by atoms with Crippen molar-refractivity contribution in [2.24, 2.45) is 5.73 Å². The average Bonchev–Trinajstić information content (AvgIpc) is 2.46. The van der Waals surface area contributed by atoms with E-state index in [1.165, 1.54) is 7.11 Å². The number of benzene rings is 2. The highest BCUT2D eigenvalue weighted by Crippen LogP contribution is 2.31. The minimum absolute atomic E-state index is 0.0722. The molecule has 0 heterocycles. The van der Waals surface area contributed by atoms with Gasteiger partial charge >= 0.3 is 0 Å². The Kier molecular flexibility index (Phi) is 4.12. The van der Waals surface area contributed by atoms with E-state index in [0.29, 0.717) is 11.3 Å². The molecule has 2 N–H and O–H groups in total. The Morgan fingerprint density at radius 1 is 1.16 bits per heavy atom. The molecular formula is C15H15NO2S. The second-order valence-electron chi connectivity index (χ2n) is 4.14. The highest BCUT2D eigenvalue weighted by atomic mass is 32.1. The Labute approximate surface area is 117 Å². The average molecular weight is 273 g/mol. The zero-order valence-electron chi connectivity index (χ0n) is 10.5. The number of carbonyl (C=O) groups excluding carboxylic acids is 1. The lowest BCUT2D eigenvalue weighted by Gasteiger charge is -2.14. The summed E-state index contributed by atoms with van der Waals surface area (Å²) in [6, 6.07) is 15.2. The second-order valence-corrected chi connectivity index (χ2v) is 4.65. The molecule has 1 amide bonds. The van der Waals surface area contributed by atoms with Crippen LogP contribution in [0.2, 0.25) is 0 Å². The van der Waals surface area contributed by atoms with Gasteiger partial charge < -0.3 is 10.5 Å². The number of nitrogens with two attached hydrogens (primary N) is 1. The quantitative estimate of drug-likeness (QED) is 0.842. The molecule has 0 aliphatic rings. The molecule has 0 spiro atoms. The van der Waals surface area contributed by atoms with Gasteiger partial charge in [-0.3, -0.25) is 4.79 Å². The van der Waals surface area contributed by atoms with Crippen molar-refractivity contribution >= 4 is 18.5 Å². The minimum atomic E-state index is -0.501. The molecule has 0 saturated heterocycles. The van der Waals surface area contributed by atoms with Crippen molar-refractivity contribution in [1.82, 2.24) is 0 Å². The topological polar surface area (TPSA) is 52.3 Å². The number of hydrogen-bond acceptors (Lipinski definition) is 3. The van der Waals surface area contributed by atoms with Crippen LogP contribution in [0.3, 0.4) is 0 Å². The van der Waals surface area contributed by atoms with Crippen LogP contribution >= 0.6 is 12.6 Å². The van der Waals surface area contributed by atoms with Gasteiger partial charge in [0.05, 0.1) is 17.9 Å². The molecule has 98 valence electrons. The maximum Gasteiger partial charge on any atom is 0.252 e. The summed E-state index contributed by atoms with van der Waals surface area (Å²) < 4.78 is 5.20. The van der Waals surface area contributed by atoms with Gasteiger partial charge in [0.2, 0.25) is 0 Å². The smallest absolute Gasteiger partial charge is 0.252 e. The summed E-state index contributed by atoms with van der Waals surface area (Å²) in [5.41, 5.74) is 7.70. The van der Waals surface area contributed by atoms with Crippen LogP contribution in [0.4, 0.5) is 0 Å². The number of rotatable bonds is 4. The van der Waals surface area contributed by atoms with Crippen LogP contribution < -0.4 is 10.5 Å². The van der Waals surface area contributed by atoms with E-state index in [9.17, 15) is 4.79 Å². The number of amides is 1. The molecule has 19 heavy (non-hydrogen) atoms. The van der Waals surface area contributed by atoms with Gasteiger partial charge in [0.25, 0.3) is 5.91 Å². The third-order valence-corrected chi connectivity index (χ3v) is 3.52. The monoisotopic (exact) mass is 273 g/mol. The van der Waals surface area contributed by atoms with Crippen LogP contribution in [0.25, 0.3) is 0 Å². The maximum absolute atomic E-state index is 11.3. The van der Waals surface area contributed by atoms with Gasteiger partial charge in [0.1, 0.15) is 5.75 Å². The summed E-state index contributed by atoms with van der Waals surface area (Å²) in [5.74, 6) is -0.0289. The molecule has 2 aromatic rings. The SMILES string of the molecule is COc1cc(C(S)c2ccccc2)ccc1C(N)=O. The van der Waals surface area contributed by atoms with Gasteiger partial charge in [0, 0.05) is 0 Å². The predicted octanol–water partition coefficient (Wildman–Crippen LogP) is 2.81. The first kappa shape index (κ1) is 13.5. The first-order valence-corrected chi connectivity index (χ1v) is 6.36. The van der Waals surface area contributed by atoms with Crippen LogP contribution in [0.5, 0.6) is 5.75 Å². The van der Waals surface area contributed by atoms with Gasteiger partial charge in [-0.05, 0) is 23.3 Å². The van der Waals surface area contributed by atoms with E-state index in [4.69, 9.17) is 10.5 Å². The highest BCUT2D eigenvalue weighted by molar-refractivity contribution is 7.80. The summed E-state index contributed by atoms with van der Waals surface area (Å²) in [4.78, 5) is 11.3. The zero-order valence-corrected chi connectivity index (χ0v) is 11.4. The number of primary amides is 1. The maximum atomic E-state index is 11.3. The number of hydrogen-bond donors (Lipinski definition) is 2. The first-order chi connectivity index (χ1) is 9.13. The van der Waals surface area contributed by atoms with E-state index >= 15 is 0 Å². The Morgan fingerprint density at radius 3 is 2.42 bits per heavy atom. The molecule has 1 unspecified atom stereocenters. The lowest BCUT2D eigenvalue weighted by molar-refractivity contribution is 0.0997. The molecule has 1 atom stereocenters. The van der Waals surface area contributed by atoms with Crippen LogP contribution in [-0.4, -0.2) is 13.0 Å². The molecule has 0 bridgehead atoms. The van der Waals surface area contributed by atoms with Gasteiger partial charge in [-0.25, -0.2) is 0 Å². The fourth-order valence-corrected chi connectivity index (χ4v) is 2.24. The Hall–Kier alpha value is -1.94. The summed E-state index contributed by atoms with van der Waals surface area (Å²) in [6.07, 6.45) is 0. The van der Waals surface area contributed by atoms with Gasteiger partial charge in [-0.2, -0.15) is 12.6 Å². The lowest BCUT2D eigenvalue weighted by atomic mass is 10.0. The Morgan fingerprint density at radius 2 is 1.84 bits per heavy atom. The Balaban J connectivity index is 2.39. The van der Waals surface area contributed by atoms with E-state index in [-0.39, 0.29) is 5.25 Å². The van der Waals surface area contributed by atoms with Crippen LogP contribution in [0, 0.1) is 0 Å². The molecule has 0 aliphatic heterocycles. The van der Waals surface area contributed by atoms with Crippen molar-refractivity contribution in [1.29, 1.82) is 0 Å². The van der Waals surface area contributed by atoms with Gasteiger partial charge in [0.15, 0.2) is 0 Å². The van der Waals surface area contributed by atoms with E-state index in [1.54, 1.807) is 12.1 Å². The molecule has 0 aromatic heterocycles. The van der Waals surface area contributed by atoms with E-state index in [0.717, 1.165) is 11.1 Å². The summed E-state index contributed by atoms with van der Waals surface area (Å²) >= 11 is 4.61. The van der Waals surface area contributed by atoms with E-state index in [1.807, 2.05) is 36.4 Å². The predicted molar refractivity (Wildman–Crippen MR) is 78.8 cm³/mol. The Bertz CT molecular complexity index is 584. The van der Waals surface area contributed by atoms with E-state index < -0.39 is 5.91 Å². The van der Waals surface area contributed by atoms with Crippen molar-refractivity contribution in [3.63, 3.8) is 0 Å². The number of methoxy groups -OCH3 is 1. The van der Waals surface area contributed by atoms with Crippen LogP contribution in [0.15, 0.2) is 48.5 Å². The van der Waals surface area contributed by atoms with Crippen LogP contribution in [-0.2, 0) is 0 Å². The first-order valence-electron chi connectivity index (χ1n) is 5.84. The standard InChI is InChI=1S/C15H15NO2S/c1-18-13-9-11(7-8-12(13)15(16)17)14(19)10-5-3-2-4-6-10/h2-9,14,19H,1H3,(H2,16,17). The molecule has 2 rings (SSSR count). The molecule has 0 fully saturated rings. The largest absolute Gasteiger partial charge is 0.496 e. The van der Waals surface area contributed by atoms with E-state index in [2.05, 4.69) is 12.6 Å². The molecule has 0 aliphatic carbocycles. The third kappa shape index (κ3) is 2.90. The fraction of sp³-hybridized carbons (Fsp3) is 0.133. The van der Waals surface area contributed by atoms with Crippen molar-refractivity contribution in [3.05, 3.63) is 65.2 Å². The minimum Gasteiger partial charge on any atom is -0.496 e. The number of ether oxygens (including phenoxy) is 1. The zero-order chi connectivity index (χ0) is 13.8. The number of thiol groups is 1. The fourth-order valence-electron chi connectivity index (χ4n) is 1.91. The van der Waals surface area contributed by atoms with Crippen LogP contribution in [0.1, 0.15) is 26.7 Å². The summed E-state index contributed by atoms with van der Waals surface area (Å²) in [6.45, 7) is 0. The van der Waals surface area contributed by atoms with Crippen molar-refractivity contribution in [2.75, 3.05) is 7.11 Å². The molecule has 0 radical (unpaired) electrons. The second kappa shape index (κ2) is 5.80. The molecule has 2 aromatic carbocycles. The van der Waals surface area contributed by atoms with Gasteiger partial charge in [-0.15, -0.1) is 0 Å². The lowest BCUT2D eigenvalue weighted by Crippen LogP contribution is -2.12. The van der Waals surface area contributed by atoms with Crippen molar-refractivity contribution in [3.8, 4) is 5.75 Å². The molecule has 0 saturated carbocycles. The third-order valence-electron chi connectivity index (χ3n) is 2.92. The van der Waals surface area contributed by atoms with Crippen molar-refractivity contribution < 1.29 is 9.53 Å². The highest BCUT2D eigenvalue weighted by Gasteiger charge is 2.14.